The fourth-order valence-corrected chi connectivity index (χ4v) is 4.01. The van der Waals surface area contributed by atoms with Crippen molar-refractivity contribution in [2.24, 2.45) is 5.73 Å². The number of hydrogen-bond donors (Lipinski definition) is 1. The molecule has 3 heterocycles. The Hall–Kier alpha value is -2.13. The van der Waals surface area contributed by atoms with Crippen LogP contribution >= 0.6 is 11.3 Å². The van der Waals surface area contributed by atoms with Gasteiger partial charge in [-0.15, -0.1) is 11.3 Å². The average molecular weight is 381 g/mol. The Morgan fingerprint density at radius 2 is 2.04 bits per heavy atom. The number of aromatic nitrogens is 3. The van der Waals surface area contributed by atoms with Gasteiger partial charge < -0.3 is 15.2 Å². The summed E-state index contributed by atoms with van der Waals surface area (Å²) >= 11 is 1.49. The molecule has 26 heavy (non-hydrogen) atoms. The highest BCUT2D eigenvalue weighted by molar-refractivity contribution is 7.09. The molecule has 2 atom stereocenters. The monoisotopic (exact) mass is 381 g/mol. The Kier molecular flexibility index (Phi) is 4.36. The van der Waals surface area contributed by atoms with Gasteiger partial charge in [0, 0.05) is 36.3 Å². The molecule has 0 amide bonds. The molecule has 1 aliphatic heterocycles. The van der Waals surface area contributed by atoms with Crippen LogP contribution in [0.15, 0.2) is 17.5 Å². The van der Waals surface area contributed by atoms with Crippen molar-refractivity contribution in [2.45, 2.75) is 32.1 Å². The van der Waals surface area contributed by atoms with Gasteiger partial charge in [-0.1, -0.05) is 0 Å². The van der Waals surface area contributed by atoms with Gasteiger partial charge in [-0.3, -0.25) is 0 Å². The number of alkyl halides is 1. The average Bonchev–Trinajstić information content (AvgIpc) is 3.15. The number of anilines is 1. The molecule has 138 valence electrons. The van der Waals surface area contributed by atoms with E-state index in [-0.39, 0.29) is 0 Å². The number of halogens is 3. The van der Waals surface area contributed by atoms with Crippen LogP contribution < -0.4 is 10.6 Å². The van der Waals surface area contributed by atoms with Gasteiger partial charge in [-0.05, 0) is 13.3 Å². The summed E-state index contributed by atoms with van der Waals surface area (Å²) in [5.74, 6) is -1.35. The van der Waals surface area contributed by atoms with Gasteiger partial charge >= 0.3 is 0 Å². The molecule has 1 aliphatic rings. The number of rotatable bonds is 3. The minimum atomic E-state index is -1.06. The number of fused-ring (bicyclic) bond motifs is 1. The molecule has 5 nitrogen and oxygen atoms in total. The zero-order chi connectivity index (χ0) is 18.4. The van der Waals surface area contributed by atoms with Crippen LogP contribution in [0.5, 0.6) is 0 Å². The van der Waals surface area contributed by atoms with Gasteiger partial charge in [-0.2, -0.15) is 0 Å². The summed E-state index contributed by atoms with van der Waals surface area (Å²) in [6, 6.07) is 1.61. The molecule has 2 aromatic heterocycles. The van der Waals surface area contributed by atoms with Crippen molar-refractivity contribution in [1.29, 1.82) is 0 Å². The first-order valence-electron chi connectivity index (χ1n) is 8.33. The highest BCUT2D eigenvalue weighted by Gasteiger charge is 2.29. The predicted octanol–water partition coefficient (Wildman–Crippen LogP) is 3.00. The molecule has 9 heteroatoms. The third-order valence-electron chi connectivity index (χ3n) is 4.58. The maximum absolute atomic E-state index is 13.8. The van der Waals surface area contributed by atoms with E-state index in [9.17, 15) is 13.2 Å². The summed E-state index contributed by atoms with van der Waals surface area (Å²) in [5.41, 5.74) is 7.59. The Labute approximate surface area is 152 Å². The minimum absolute atomic E-state index is 0.295. The van der Waals surface area contributed by atoms with Crippen LogP contribution in [-0.4, -0.2) is 39.8 Å². The van der Waals surface area contributed by atoms with E-state index in [1.54, 1.807) is 4.57 Å². The Morgan fingerprint density at radius 3 is 2.73 bits per heavy atom. The van der Waals surface area contributed by atoms with Crippen LogP contribution in [0.3, 0.4) is 0 Å². The summed E-state index contributed by atoms with van der Waals surface area (Å²) in [4.78, 5) is 10.8. The van der Waals surface area contributed by atoms with E-state index >= 15 is 0 Å². The number of nitrogens with zero attached hydrogens (tertiary/aromatic N) is 4. The minimum Gasteiger partial charge on any atom is -0.340 e. The number of aryl methyl sites for hydroxylation is 1. The quantitative estimate of drug-likeness (QED) is 0.758. The summed E-state index contributed by atoms with van der Waals surface area (Å²) in [5, 5.41) is 2.76. The maximum atomic E-state index is 13.8. The maximum Gasteiger partial charge on any atom is 0.207 e. The molecular formula is C17H18F3N5S. The summed E-state index contributed by atoms with van der Waals surface area (Å²) in [6.45, 7) is 3.01. The van der Waals surface area contributed by atoms with Crippen molar-refractivity contribution in [3.05, 3.63) is 39.8 Å². The third-order valence-corrected chi connectivity index (χ3v) is 5.53. The lowest BCUT2D eigenvalue weighted by atomic mass is 10.1. The molecule has 2 unspecified atom stereocenters. The van der Waals surface area contributed by atoms with Gasteiger partial charge in [-0.25, -0.2) is 23.1 Å². The topological polar surface area (TPSA) is 60.0 Å². The van der Waals surface area contributed by atoms with E-state index in [2.05, 4.69) is 9.97 Å². The lowest BCUT2D eigenvalue weighted by Gasteiger charge is -2.34. The number of nitrogens with two attached hydrogens (primary N) is 1. The first-order chi connectivity index (χ1) is 12.4. The summed E-state index contributed by atoms with van der Waals surface area (Å²) in [7, 11) is 0. The molecule has 3 aromatic rings. The molecule has 4 rings (SSSR count). The van der Waals surface area contributed by atoms with Crippen molar-refractivity contribution < 1.29 is 13.2 Å². The van der Waals surface area contributed by atoms with Crippen LogP contribution in [0.25, 0.3) is 11.0 Å². The predicted molar refractivity (Wildman–Crippen MR) is 95.3 cm³/mol. The molecule has 2 N–H and O–H groups in total. The fourth-order valence-electron chi connectivity index (χ4n) is 3.25. The molecule has 0 aliphatic carbocycles. The number of thiazole rings is 1. The second-order valence-electron chi connectivity index (χ2n) is 6.55. The van der Waals surface area contributed by atoms with Crippen molar-refractivity contribution in [3.8, 4) is 0 Å². The van der Waals surface area contributed by atoms with E-state index in [1.165, 1.54) is 11.3 Å². The summed E-state index contributed by atoms with van der Waals surface area (Å²) < 4.78 is 43.0. The zero-order valence-electron chi connectivity index (χ0n) is 14.1. The standard InChI is InChI=1S/C17H18F3N5S/c1-9-8-26-16(22-9)7-25-15-5-12(20)11(19)4-14(15)23-17(25)24-3-2-10(18)13(21)6-24/h4-5,8,10,13H,2-3,6-7,21H2,1H3. The van der Waals surface area contributed by atoms with Crippen molar-refractivity contribution in [1.82, 2.24) is 14.5 Å². The summed E-state index contributed by atoms with van der Waals surface area (Å²) in [6.07, 6.45) is -0.760. The van der Waals surface area contributed by atoms with Gasteiger partial charge in [0.1, 0.15) is 11.2 Å². The fraction of sp³-hybridized carbons (Fsp3) is 0.412. The number of imidazole rings is 1. The molecule has 1 fully saturated rings. The first-order valence-corrected chi connectivity index (χ1v) is 9.21. The second-order valence-corrected chi connectivity index (χ2v) is 7.49. The van der Waals surface area contributed by atoms with Crippen molar-refractivity contribution >= 4 is 28.3 Å². The van der Waals surface area contributed by atoms with Crippen molar-refractivity contribution in [3.63, 3.8) is 0 Å². The molecule has 0 saturated carbocycles. The number of benzene rings is 1. The highest BCUT2D eigenvalue weighted by Crippen LogP contribution is 2.29. The Balaban J connectivity index is 1.81. The van der Waals surface area contributed by atoms with E-state index in [4.69, 9.17) is 5.73 Å². The van der Waals surface area contributed by atoms with Gasteiger partial charge in [0.2, 0.25) is 5.95 Å². The zero-order valence-corrected chi connectivity index (χ0v) is 14.9. The molecular weight excluding hydrogens is 363 g/mol. The highest BCUT2D eigenvalue weighted by atomic mass is 32.1. The van der Waals surface area contributed by atoms with Crippen LogP contribution in [0.1, 0.15) is 17.1 Å². The molecule has 0 radical (unpaired) electrons. The third kappa shape index (κ3) is 3.05. The van der Waals surface area contributed by atoms with E-state index in [1.807, 2.05) is 17.2 Å². The second kappa shape index (κ2) is 6.55. The van der Waals surface area contributed by atoms with E-state index in [0.29, 0.717) is 43.0 Å². The van der Waals surface area contributed by atoms with E-state index < -0.39 is 23.8 Å². The van der Waals surface area contributed by atoms with Gasteiger partial charge in [0.05, 0.1) is 23.6 Å². The van der Waals surface area contributed by atoms with Crippen molar-refractivity contribution in [2.75, 3.05) is 18.0 Å². The van der Waals surface area contributed by atoms with Gasteiger partial charge in [0.15, 0.2) is 11.6 Å². The SMILES string of the molecule is Cc1csc(Cn2c(N3CCC(F)C(N)C3)nc3cc(F)c(F)cc32)n1. The normalized spacial score (nSPS) is 20.9. The smallest absolute Gasteiger partial charge is 0.207 e. The van der Waals surface area contributed by atoms with Crippen LogP contribution in [0, 0.1) is 18.6 Å². The van der Waals surface area contributed by atoms with E-state index in [0.717, 1.165) is 22.8 Å². The van der Waals surface area contributed by atoms with Crippen LogP contribution in [0.4, 0.5) is 19.1 Å². The Morgan fingerprint density at radius 1 is 1.27 bits per heavy atom. The molecule has 1 saturated heterocycles. The first kappa shape index (κ1) is 17.3. The molecule has 0 bridgehead atoms. The van der Waals surface area contributed by atoms with Gasteiger partial charge in [0.25, 0.3) is 0 Å². The largest absolute Gasteiger partial charge is 0.340 e. The number of piperidine rings is 1. The lowest BCUT2D eigenvalue weighted by molar-refractivity contribution is 0.243. The van der Waals surface area contributed by atoms with Crippen LogP contribution in [0.2, 0.25) is 0 Å². The van der Waals surface area contributed by atoms with Crippen LogP contribution in [-0.2, 0) is 6.54 Å². The molecule has 0 spiro atoms. The number of hydrogen-bond acceptors (Lipinski definition) is 5. The lowest BCUT2D eigenvalue weighted by Crippen LogP contribution is -2.50. The Bertz CT molecular complexity index is 953. The molecule has 1 aromatic carbocycles.